The number of likely N-dealkylation sites (tertiary alicyclic amines) is 1. The van der Waals surface area contributed by atoms with E-state index in [1.54, 1.807) is 17.1 Å². The molecule has 1 aliphatic carbocycles. The maximum absolute atomic E-state index is 13.4. The Hall–Kier alpha value is -1.99. The number of carbonyl (C=O) groups excluding carboxylic acids is 1. The van der Waals surface area contributed by atoms with E-state index in [0.29, 0.717) is 47.7 Å². The molecule has 0 unspecified atom stereocenters. The molecule has 3 aliphatic rings. The molecule has 192 valence electrons. The SMILES string of the molecule is C[C@H]1C[C@@]2(CCN1Cc1cnn(C[C@@H](O)C(=O)NC3CC3)c1)OC[C@@H](O)c1cc(C(F)(F)F)sc12. The molecule has 2 fully saturated rings. The van der Waals surface area contributed by atoms with Crippen LogP contribution in [0.2, 0.25) is 0 Å². The molecule has 1 spiro atoms. The summed E-state index contributed by atoms with van der Waals surface area (Å²) in [5.74, 6) is -0.390. The number of hydrogen-bond acceptors (Lipinski definition) is 7. The number of piperidine rings is 1. The molecule has 2 aromatic rings. The van der Waals surface area contributed by atoms with Gasteiger partial charge in [-0.2, -0.15) is 18.3 Å². The van der Waals surface area contributed by atoms with Crippen molar-refractivity contribution in [1.82, 2.24) is 20.0 Å². The smallest absolute Gasteiger partial charge is 0.386 e. The van der Waals surface area contributed by atoms with Gasteiger partial charge in [0.25, 0.3) is 5.91 Å². The Labute approximate surface area is 204 Å². The molecule has 8 nitrogen and oxygen atoms in total. The number of alkyl halides is 3. The summed E-state index contributed by atoms with van der Waals surface area (Å²) in [6, 6.07) is 1.26. The Balaban J connectivity index is 1.23. The third-order valence-corrected chi connectivity index (χ3v) is 8.42. The minimum Gasteiger partial charge on any atom is -0.386 e. The number of aliphatic hydroxyl groups excluding tert-OH is 2. The number of hydrogen-bond donors (Lipinski definition) is 3. The van der Waals surface area contributed by atoms with Crippen molar-refractivity contribution in [2.45, 2.75) is 81.8 Å². The van der Waals surface area contributed by atoms with Gasteiger partial charge in [0.05, 0.1) is 19.3 Å². The third-order valence-electron chi connectivity index (χ3n) is 7.04. The maximum Gasteiger partial charge on any atom is 0.425 e. The summed E-state index contributed by atoms with van der Waals surface area (Å²) in [7, 11) is 0. The van der Waals surface area contributed by atoms with Gasteiger partial charge in [0.15, 0.2) is 6.10 Å². The minimum absolute atomic E-state index is 0.0153. The monoisotopic (exact) mass is 514 g/mol. The van der Waals surface area contributed by atoms with Gasteiger partial charge in [-0.15, -0.1) is 11.3 Å². The lowest BCUT2D eigenvalue weighted by molar-refractivity contribution is -0.139. The normalized spacial score (nSPS) is 28.2. The molecule has 5 rings (SSSR count). The standard InChI is InChI=1S/C23H29F3N4O4S/c1-13-7-22(20-16(18(32)12-34-22)6-19(35-20)23(24,25)26)4-5-29(13)9-14-8-27-30(10-14)11-17(31)21(33)28-15-2-3-15/h6,8,10,13,15,17-18,31-32H,2-5,7,9,11-12H2,1H3,(H,28,33)/t13-,17+,18+,22+/m0/s1. The van der Waals surface area contributed by atoms with Gasteiger partial charge in [-0.05, 0) is 38.7 Å². The van der Waals surface area contributed by atoms with Crippen LogP contribution in [0.25, 0.3) is 0 Å². The molecular weight excluding hydrogens is 485 g/mol. The second-order valence-electron chi connectivity index (χ2n) is 9.86. The average Bonchev–Trinajstić information content (AvgIpc) is 3.29. The predicted molar refractivity (Wildman–Crippen MR) is 120 cm³/mol. The van der Waals surface area contributed by atoms with Crippen molar-refractivity contribution in [3.8, 4) is 0 Å². The van der Waals surface area contributed by atoms with E-state index >= 15 is 0 Å². The summed E-state index contributed by atoms with van der Waals surface area (Å²) >= 11 is 0.679. The van der Waals surface area contributed by atoms with E-state index in [4.69, 9.17) is 4.74 Å². The van der Waals surface area contributed by atoms with Crippen LogP contribution in [0.1, 0.15) is 59.6 Å². The van der Waals surface area contributed by atoms with E-state index in [9.17, 15) is 28.2 Å². The van der Waals surface area contributed by atoms with E-state index < -0.39 is 34.8 Å². The van der Waals surface area contributed by atoms with Crippen molar-refractivity contribution in [2.75, 3.05) is 13.2 Å². The largest absolute Gasteiger partial charge is 0.425 e. The van der Waals surface area contributed by atoms with Crippen molar-refractivity contribution < 1.29 is 32.9 Å². The molecule has 1 saturated heterocycles. The molecule has 3 N–H and O–H groups in total. The Morgan fingerprint density at radius 3 is 2.89 bits per heavy atom. The van der Waals surface area contributed by atoms with Crippen molar-refractivity contribution >= 4 is 17.2 Å². The van der Waals surface area contributed by atoms with E-state index in [2.05, 4.69) is 15.3 Å². The number of amides is 1. The summed E-state index contributed by atoms with van der Waals surface area (Å²) in [5, 5.41) is 27.4. The predicted octanol–water partition coefficient (Wildman–Crippen LogP) is 2.55. The number of nitrogens with zero attached hydrogens (tertiary/aromatic N) is 3. The van der Waals surface area contributed by atoms with E-state index in [1.165, 1.54) is 0 Å². The van der Waals surface area contributed by atoms with Crippen LogP contribution in [0.5, 0.6) is 0 Å². The minimum atomic E-state index is -4.46. The highest BCUT2D eigenvalue weighted by molar-refractivity contribution is 7.12. The van der Waals surface area contributed by atoms with Crippen LogP contribution in [0.15, 0.2) is 18.5 Å². The van der Waals surface area contributed by atoms with Gasteiger partial charge in [0.1, 0.15) is 16.6 Å². The third kappa shape index (κ3) is 5.12. The van der Waals surface area contributed by atoms with E-state index in [1.807, 2.05) is 6.92 Å². The fourth-order valence-electron chi connectivity index (χ4n) is 4.97. The van der Waals surface area contributed by atoms with Crippen LogP contribution in [-0.2, 0) is 34.4 Å². The fourth-order valence-corrected chi connectivity index (χ4v) is 6.24. The zero-order valence-corrected chi connectivity index (χ0v) is 20.1. The number of thiophene rings is 1. The van der Waals surface area contributed by atoms with Gasteiger partial charge in [-0.1, -0.05) is 0 Å². The van der Waals surface area contributed by atoms with Gasteiger partial charge >= 0.3 is 6.18 Å². The quantitative estimate of drug-likeness (QED) is 0.548. The molecule has 1 saturated carbocycles. The number of nitrogens with one attached hydrogen (secondary N) is 1. The van der Waals surface area contributed by atoms with Crippen LogP contribution >= 0.6 is 11.3 Å². The first kappa shape index (κ1) is 24.7. The first-order valence-corrected chi connectivity index (χ1v) is 12.6. The highest BCUT2D eigenvalue weighted by Crippen LogP contribution is 2.51. The highest BCUT2D eigenvalue weighted by Gasteiger charge is 2.48. The number of aliphatic hydroxyl groups is 2. The summed E-state index contributed by atoms with van der Waals surface area (Å²) in [6.07, 6.45) is -0.260. The zero-order valence-electron chi connectivity index (χ0n) is 19.3. The molecule has 0 radical (unpaired) electrons. The molecule has 2 aliphatic heterocycles. The lowest BCUT2D eigenvalue weighted by atomic mass is 9.81. The average molecular weight is 515 g/mol. The number of halogens is 3. The van der Waals surface area contributed by atoms with Crippen molar-refractivity contribution in [3.63, 3.8) is 0 Å². The number of fused-ring (bicyclic) bond motifs is 2. The van der Waals surface area contributed by atoms with Gasteiger partial charge in [-0.25, -0.2) is 0 Å². The lowest BCUT2D eigenvalue weighted by Gasteiger charge is -2.47. The highest BCUT2D eigenvalue weighted by atomic mass is 32.1. The van der Waals surface area contributed by atoms with Crippen LogP contribution in [-0.4, -0.2) is 62.1 Å². The van der Waals surface area contributed by atoms with E-state index in [0.717, 1.165) is 24.5 Å². The van der Waals surface area contributed by atoms with Gasteiger partial charge in [0.2, 0.25) is 0 Å². The molecule has 0 bridgehead atoms. The number of carbonyl (C=O) groups is 1. The Morgan fingerprint density at radius 2 is 2.20 bits per heavy atom. The Kier molecular flexibility index (Phi) is 6.45. The molecule has 12 heteroatoms. The van der Waals surface area contributed by atoms with Crippen LogP contribution in [0.4, 0.5) is 13.2 Å². The second kappa shape index (κ2) is 9.15. The topological polar surface area (TPSA) is 99.9 Å². The summed E-state index contributed by atoms with van der Waals surface area (Å²) in [4.78, 5) is 14.0. The lowest BCUT2D eigenvalue weighted by Crippen LogP contribution is -2.50. The number of aromatic nitrogens is 2. The molecule has 35 heavy (non-hydrogen) atoms. The summed E-state index contributed by atoms with van der Waals surface area (Å²) < 4.78 is 47.6. The van der Waals surface area contributed by atoms with Crippen molar-refractivity contribution in [2.24, 2.45) is 0 Å². The van der Waals surface area contributed by atoms with E-state index in [-0.39, 0.29) is 25.2 Å². The maximum atomic E-state index is 13.4. The summed E-state index contributed by atoms with van der Waals surface area (Å²) in [6.45, 7) is 3.25. The Morgan fingerprint density at radius 1 is 1.43 bits per heavy atom. The number of ether oxygens (including phenoxy) is 1. The zero-order chi connectivity index (χ0) is 25.0. The Bertz CT molecular complexity index is 1090. The molecular formula is C23H29F3N4O4S. The first-order valence-electron chi connectivity index (χ1n) is 11.8. The summed E-state index contributed by atoms with van der Waals surface area (Å²) in [5.41, 5.74) is 0.417. The molecule has 0 aromatic carbocycles. The van der Waals surface area contributed by atoms with Gasteiger partial charge in [-0.3, -0.25) is 14.4 Å². The molecule has 4 heterocycles. The van der Waals surface area contributed by atoms with Crippen molar-refractivity contribution in [1.29, 1.82) is 0 Å². The van der Waals surface area contributed by atoms with Gasteiger partial charge in [0, 0.05) is 47.4 Å². The molecule has 2 aromatic heterocycles. The van der Waals surface area contributed by atoms with Gasteiger partial charge < -0.3 is 20.3 Å². The van der Waals surface area contributed by atoms with Crippen LogP contribution in [0.3, 0.4) is 0 Å². The second-order valence-corrected chi connectivity index (χ2v) is 10.9. The molecule has 4 atom stereocenters. The fraction of sp³-hybridized carbons (Fsp3) is 0.652. The van der Waals surface area contributed by atoms with Crippen molar-refractivity contribution in [3.05, 3.63) is 39.3 Å². The van der Waals surface area contributed by atoms with Crippen LogP contribution in [0, 0.1) is 0 Å². The number of rotatable bonds is 6. The first-order chi connectivity index (χ1) is 16.5. The molecule has 1 amide bonds. The van der Waals surface area contributed by atoms with Crippen LogP contribution < -0.4 is 5.32 Å².